The summed E-state index contributed by atoms with van der Waals surface area (Å²) in [5, 5.41) is 22.5. The molecule has 0 spiro atoms. The van der Waals surface area contributed by atoms with Crippen molar-refractivity contribution < 1.29 is 10.0 Å². The molecule has 0 radical (unpaired) electrons. The monoisotopic (exact) mass is 172 g/mol. The van der Waals surface area contributed by atoms with Crippen molar-refractivity contribution in [2.45, 2.75) is 19.6 Å². The Morgan fingerprint density at radius 3 is 3.00 bits per heavy atom. The Kier molecular flexibility index (Phi) is 2.34. The number of hydrogen-bond acceptors (Lipinski definition) is 5. The van der Waals surface area contributed by atoms with E-state index in [0.717, 1.165) is 0 Å². The van der Waals surface area contributed by atoms with Crippen molar-refractivity contribution in [3.63, 3.8) is 0 Å². The van der Waals surface area contributed by atoms with Crippen LogP contribution in [0.25, 0.3) is 0 Å². The Balaban J connectivity index is 2.71. The third-order valence-corrected chi connectivity index (χ3v) is 1.14. The highest BCUT2D eigenvalue weighted by atomic mass is 16.6. The summed E-state index contributed by atoms with van der Waals surface area (Å²) in [5.74, 6) is -0.448. The predicted molar refractivity (Wildman–Crippen MR) is 38.4 cm³/mol. The average molecular weight is 172 g/mol. The maximum absolute atomic E-state index is 10.1. The van der Waals surface area contributed by atoms with Gasteiger partial charge in [0.15, 0.2) is 0 Å². The van der Waals surface area contributed by atoms with Gasteiger partial charge < -0.3 is 15.2 Å². The van der Waals surface area contributed by atoms with E-state index in [1.807, 2.05) is 0 Å². The number of nitrogens with zero attached hydrogens (tertiary/aromatic N) is 4. The molecular weight excluding hydrogens is 164 g/mol. The lowest BCUT2D eigenvalue weighted by Gasteiger charge is -1.97. The molecule has 0 aliphatic carbocycles. The van der Waals surface area contributed by atoms with Crippen LogP contribution in [-0.2, 0) is 6.54 Å². The maximum Gasteiger partial charge on any atom is 0.490 e. The molecule has 1 aromatic heterocycles. The third-order valence-electron chi connectivity index (χ3n) is 1.14. The fourth-order valence-corrected chi connectivity index (χ4v) is 0.727. The SMILES string of the molecule is C[C@H](O)Cn1cnc([N+](=O)[O-])n1. The molecule has 0 aliphatic rings. The fraction of sp³-hybridized carbons (Fsp3) is 0.600. The van der Waals surface area contributed by atoms with E-state index >= 15 is 0 Å². The van der Waals surface area contributed by atoms with Gasteiger partial charge in [0.05, 0.1) is 12.6 Å². The van der Waals surface area contributed by atoms with Gasteiger partial charge >= 0.3 is 5.95 Å². The molecule has 7 nitrogen and oxygen atoms in total. The van der Waals surface area contributed by atoms with E-state index in [-0.39, 0.29) is 6.54 Å². The van der Waals surface area contributed by atoms with Crippen molar-refractivity contribution in [2.75, 3.05) is 0 Å². The van der Waals surface area contributed by atoms with Crippen LogP contribution in [0.4, 0.5) is 5.95 Å². The number of hydrogen-bond donors (Lipinski definition) is 1. The molecule has 0 saturated heterocycles. The van der Waals surface area contributed by atoms with Crippen LogP contribution in [0.3, 0.4) is 0 Å². The minimum atomic E-state index is -0.682. The van der Waals surface area contributed by atoms with Crippen molar-refractivity contribution in [3.05, 3.63) is 16.4 Å². The minimum Gasteiger partial charge on any atom is -0.391 e. The maximum atomic E-state index is 10.1. The van der Waals surface area contributed by atoms with E-state index in [9.17, 15) is 10.1 Å². The first-order valence-electron chi connectivity index (χ1n) is 3.31. The second kappa shape index (κ2) is 3.26. The normalized spacial score (nSPS) is 12.8. The summed E-state index contributed by atoms with van der Waals surface area (Å²) in [7, 11) is 0. The molecule has 1 atom stereocenters. The van der Waals surface area contributed by atoms with Gasteiger partial charge in [-0.05, 0) is 11.8 Å². The lowest BCUT2D eigenvalue weighted by atomic mass is 10.4. The molecule has 1 N–H and O–H groups in total. The van der Waals surface area contributed by atoms with Gasteiger partial charge in [-0.3, -0.25) is 0 Å². The Morgan fingerprint density at radius 2 is 2.58 bits per heavy atom. The minimum absolute atomic E-state index is 0.209. The Morgan fingerprint density at radius 1 is 1.92 bits per heavy atom. The largest absolute Gasteiger partial charge is 0.490 e. The topological polar surface area (TPSA) is 94.1 Å². The van der Waals surface area contributed by atoms with Gasteiger partial charge in [-0.25, -0.2) is 0 Å². The summed E-state index contributed by atoms with van der Waals surface area (Å²) < 4.78 is 1.23. The van der Waals surface area contributed by atoms with E-state index in [1.165, 1.54) is 11.0 Å². The van der Waals surface area contributed by atoms with Crippen LogP contribution in [-0.4, -0.2) is 30.9 Å². The summed E-state index contributed by atoms with van der Waals surface area (Å²) in [6, 6.07) is 0. The van der Waals surface area contributed by atoms with E-state index in [4.69, 9.17) is 5.11 Å². The zero-order chi connectivity index (χ0) is 9.14. The summed E-state index contributed by atoms with van der Waals surface area (Å²) >= 11 is 0. The van der Waals surface area contributed by atoms with Gasteiger partial charge in [-0.2, -0.15) is 4.68 Å². The average Bonchev–Trinajstić information content (AvgIpc) is 2.34. The van der Waals surface area contributed by atoms with Crippen molar-refractivity contribution in [2.24, 2.45) is 0 Å². The van der Waals surface area contributed by atoms with Crippen LogP contribution in [0.2, 0.25) is 0 Å². The van der Waals surface area contributed by atoms with Crippen LogP contribution < -0.4 is 0 Å². The van der Waals surface area contributed by atoms with Gasteiger partial charge in [0.1, 0.15) is 0 Å². The van der Waals surface area contributed by atoms with Gasteiger partial charge in [-0.1, -0.05) is 4.98 Å². The number of aliphatic hydroxyl groups is 1. The van der Waals surface area contributed by atoms with Crippen molar-refractivity contribution >= 4 is 5.95 Å². The number of aromatic nitrogens is 3. The first-order valence-corrected chi connectivity index (χ1v) is 3.31. The molecule has 0 unspecified atom stereocenters. The van der Waals surface area contributed by atoms with E-state index < -0.39 is 17.0 Å². The molecule has 0 aliphatic heterocycles. The molecule has 12 heavy (non-hydrogen) atoms. The van der Waals surface area contributed by atoms with Crippen molar-refractivity contribution in [3.8, 4) is 0 Å². The zero-order valence-corrected chi connectivity index (χ0v) is 6.41. The van der Waals surface area contributed by atoms with E-state index in [0.29, 0.717) is 0 Å². The zero-order valence-electron chi connectivity index (χ0n) is 6.41. The Hall–Kier alpha value is -1.50. The van der Waals surface area contributed by atoms with E-state index in [2.05, 4.69) is 10.1 Å². The summed E-state index contributed by atoms with van der Waals surface area (Å²) in [6.07, 6.45) is 0.622. The first-order chi connectivity index (χ1) is 5.59. The molecule has 1 heterocycles. The molecule has 0 saturated carbocycles. The second-order valence-corrected chi connectivity index (χ2v) is 2.37. The lowest BCUT2D eigenvalue weighted by molar-refractivity contribution is -0.394. The second-order valence-electron chi connectivity index (χ2n) is 2.37. The first kappa shape index (κ1) is 8.60. The van der Waals surface area contributed by atoms with Crippen LogP contribution in [0.5, 0.6) is 0 Å². The standard InChI is InChI=1S/C5H8N4O3/c1-4(10)2-8-3-6-5(7-8)9(11)12/h3-4,10H,2H2,1H3/t4-/m0/s1. The Bertz CT molecular complexity index is 282. The van der Waals surface area contributed by atoms with Gasteiger partial charge in [0.2, 0.25) is 6.33 Å². The van der Waals surface area contributed by atoms with Crippen molar-refractivity contribution in [1.29, 1.82) is 0 Å². The number of rotatable bonds is 3. The van der Waals surface area contributed by atoms with Crippen LogP contribution in [0, 0.1) is 10.1 Å². The smallest absolute Gasteiger partial charge is 0.391 e. The molecule has 1 aromatic rings. The summed E-state index contributed by atoms with van der Waals surface area (Å²) in [4.78, 5) is 12.8. The summed E-state index contributed by atoms with van der Waals surface area (Å²) in [5.41, 5.74) is 0. The summed E-state index contributed by atoms with van der Waals surface area (Å²) in [6.45, 7) is 1.77. The number of aliphatic hydroxyl groups excluding tert-OH is 1. The highest BCUT2D eigenvalue weighted by Crippen LogP contribution is 1.99. The van der Waals surface area contributed by atoms with E-state index in [1.54, 1.807) is 6.92 Å². The molecular formula is C5H8N4O3. The molecule has 7 heteroatoms. The quantitative estimate of drug-likeness (QED) is 0.493. The predicted octanol–water partition coefficient (Wildman–Crippen LogP) is -0.433. The highest BCUT2D eigenvalue weighted by molar-refractivity contribution is 4.96. The van der Waals surface area contributed by atoms with Crippen LogP contribution in [0.1, 0.15) is 6.92 Å². The van der Waals surface area contributed by atoms with Crippen molar-refractivity contribution in [1.82, 2.24) is 14.8 Å². The third kappa shape index (κ3) is 1.99. The van der Waals surface area contributed by atoms with Crippen LogP contribution >= 0.6 is 0 Å². The van der Waals surface area contributed by atoms with Gasteiger partial charge in [0, 0.05) is 5.10 Å². The highest BCUT2D eigenvalue weighted by Gasteiger charge is 2.13. The molecule has 66 valence electrons. The molecule has 0 bridgehead atoms. The molecule has 1 rings (SSSR count). The molecule has 0 amide bonds. The molecule has 0 fully saturated rings. The van der Waals surface area contributed by atoms with Gasteiger partial charge in [-0.15, -0.1) is 0 Å². The lowest BCUT2D eigenvalue weighted by Crippen LogP contribution is -2.12. The molecule has 0 aromatic carbocycles. The van der Waals surface area contributed by atoms with Crippen LogP contribution in [0.15, 0.2) is 6.33 Å². The van der Waals surface area contributed by atoms with Gasteiger partial charge in [0.25, 0.3) is 0 Å². The number of nitro groups is 1. The fourth-order valence-electron chi connectivity index (χ4n) is 0.727. The Labute approximate surface area is 67.8 Å².